The normalized spacial score (nSPS) is 23.0. The predicted octanol–water partition coefficient (Wildman–Crippen LogP) is 2.50. The molecule has 1 unspecified atom stereocenters. The first kappa shape index (κ1) is 11.3. The number of likely N-dealkylation sites (N-methyl/N-ethyl adjacent to an activating group) is 1. The minimum Gasteiger partial charge on any atom is -0.312 e. The van der Waals surface area contributed by atoms with Crippen LogP contribution in [0.2, 0.25) is 0 Å². The molecule has 2 aliphatic rings. The highest BCUT2D eigenvalue weighted by Crippen LogP contribution is 2.52. The van der Waals surface area contributed by atoms with Crippen molar-refractivity contribution in [3.8, 4) is 0 Å². The lowest BCUT2D eigenvalue weighted by atomic mass is 9.91. The van der Waals surface area contributed by atoms with Gasteiger partial charge in [0, 0.05) is 23.9 Å². The summed E-state index contributed by atoms with van der Waals surface area (Å²) < 4.78 is 13.4. The van der Waals surface area contributed by atoms with Gasteiger partial charge in [0.15, 0.2) is 0 Å². The van der Waals surface area contributed by atoms with E-state index in [1.54, 1.807) is 24.1 Å². The van der Waals surface area contributed by atoms with Crippen LogP contribution in [0.15, 0.2) is 53.5 Å². The van der Waals surface area contributed by atoms with Crippen molar-refractivity contribution in [2.75, 3.05) is 11.9 Å². The van der Waals surface area contributed by atoms with E-state index in [9.17, 15) is 9.18 Å². The molecule has 2 heterocycles. The molecule has 1 amide bonds. The van der Waals surface area contributed by atoms with Gasteiger partial charge in [0.25, 0.3) is 5.91 Å². The van der Waals surface area contributed by atoms with Gasteiger partial charge < -0.3 is 4.90 Å². The summed E-state index contributed by atoms with van der Waals surface area (Å²) in [6, 6.07) is 13.8. The number of hydrogen-bond acceptors (Lipinski definition) is 2. The third-order valence-corrected chi connectivity index (χ3v) is 3.94. The maximum absolute atomic E-state index is 13.4. The lowest BCUT2D eigenvalue weighted by Gasteiger charge is -2.09. The van der Waals surface area contributed by atoms with Gasteiger partial charge >= 0.3 is 0 Å². The van der Waals surface area contributed by atoms with Crippen LogP contribution in [-0.2, 0) is 10.3 Å². The van der Waals surface area contributed by atoms with E-state index in [-0.39, 0.29) is 11.7 Å². The molecule has 0 bridgehead atoms. The van der Waals surface area contributed by atoms with E-state index in [0.29, 0.717) is 11.3 Å². The molecule has 2 aromatic carbocycles. The second kappa shape index (κ2) is 3.54. The van der Waals surface area contributed by atoms with Gasteiger partial charge in [-0.2, -0.15) is 0 Å². The number of aliphatic imine (C=N–C) groups is 1. The smallest absolute Gasteiger partial charge is 0.265 e. The zero-order chi connectivity index (χ0) is 13.9. The molecule has 0 N–H and O–H groups in total. The summed E-state index contributed by atoms with van der Waals surface area (Å²) in [6.07, 6.45) is 0. The molecule has 0 radical (unpaired) electrons. The van der Waals surface area contributed by atoms with Crippen molar-refractivity contribution in [2.24, 2.45) is 4.99 Å². The molecule has 0 aliphatic carbocycles. The van der Waals surface area contributed by atoms with Gasteiger partial charge in [-0.1, -0.05) is 30.3 Å². The van der Waals surface area contributed by atoms with E-state index in [0.717, 1.165) is 11.3 Å². The van der Waals surface area contributed by atoms with Crippen LogP contribution in [0.5, 0.6) is 0 Å². The first-order chi connectivity index (χ1) is 9.64. The Kier molecular flexibility index (Phi) is 2.01. The number of rotatable bonds is 1. The fourth-order valence-electron chi connectivity index (χ4n) is 2.93. The molecule has 4 heteroatoms. The van der Waals surface area contributed by atoms with E-state index in [1.165, 1.54) is 12.1 Å². The van der Waals surface area contributed by atoms with Crippen LogP contribution < -0.4 is 4.90 Å². The Morgan fingerprint density at radius 2 is 1.95 bits per heavy atom. The zero-order valence-corrected chi connectivity index (χ0v) is 10.8. The van der Waals surface area contributed by atoms with Crippen molar-refractivity contribution in [2.45, 2.75) is 5.54 Å². The fraction of sp³-hybridized carbons (Fsp3) is 0.125. The Morgan fingerprint density at radius 1 is 1.15 bits per heavy atom. The Hall–Kier alpha value is -2.49. The maximum atomic E-state index is 13.4. The first-order valence-corrected chi connectivity index (χ1v) is 6.38. The number of nitrogens with zero attached hydrogens (tertiary/aromatic N) is 2. The average Bonchev–Trinajstić information content (AvgIpc) is 3.18. The van der Waals surface area contributed by atoms with E-state index in [4.69, 9.17) is 0 Å². The number of fused-ring (bicyclic) bond motifs is 2. The van der Waals surface area contributed by atoms with Gasteiger partial charge in [-0.05, 0) is 18.2 Å². The molecule has 0 saturated carbocycles. The second-order valence-electron chi connectivity index (χ2n) is 5.06. The molecule has 1 atom stereocenters. The standard InChI is InChI=1S/C16H11FN2O/c1-19-13-8-3-2-7-12(13)16(15(19)20)14(18-16)10-5-4-6-11(17)9-10/h2-9H,1H3. The molecule has 0 saturated heterocycles. The molecule has 0 fully saturated rings. The number of amides is 1. The van der Waals surface area contributed by atoms with Crippen molar-refractivity contribution in [1.29, 1.82) is 0 Å². The summed E-state index contributed by atoms with van der Waals surface area (Å²) in [5.41, 5.74) is 2.15. The lowest BCUT2D eigenvalue weighted by Crippen LogP contribution is -2.32. The molecule has 20 heavy (non-hydrogen) atoms. The number of anilines is 1. The topological polar surface area (TPSA) is 32.7 Å². The largest absolute Gasteiger partial charge is 0.312 e. The number of benzene rings is 2. The van der Waals surface area contributed by atoms with Crippen LogP contribution in [0.25, 0.3) is 0 Å². The number of carbonyl (C=O) groups is 1. The highest BCUT2D eigenvalue weighted by atomic mass is 19.1. The minimum absolute atomic E-state index is 0.0713. The van der Waals surface area contributed by atoms with Crippen molar-refractivity contribution >= 4 is 17.3 Å². The van der Waals surface area contributed by atoms with Crippen LogP contribution in [-0.4, -0.2) is 18.7 Å². The average molecular weight is 266 g/mol. The summed E-state index contributed by atoms with van der Waals surface area (Å²) in [6.45, 7) is 0. The monoisotopic (exact) mass is 266 g/mol. The van der Waals surface area contributed by atoms with Crippen LogP contribution in [0.4, 0.5) is 10.1 Å². The van der Waals surface area contributed by atoms with Crippen LogP contribution in [0.1, 0.15) is 11.1 Å². The number of halogens is 1. The highest BCUT2D eigenvalue weighted by Gasteiger charge is 2.62. The van der Waals surface area contributed by atoms with Gasteiger partial charge in [0.1, 0.15) is 5.82 Å². The first-order valence-electron chi connectivity index (χ1n) is 6.38. The van der Waals surface area contributed by atoms with Crippen molar-refractivity contribution in [3.05, 3.63) is 65.5 Å². The molecule has 2 aliphatic heterocycles. The molecule has 3 nitrogen and oxygen atoms in total. The Bertz CT molecular complexity index is 784. The van der Waals surface area contributed by atoms with E-state index >= 15 is 0 Å². The molecule has 98 valence electrons. The summed E-state index contributed by atoms with van der Waals surface area (Å²) in [4.78, 5) is 18.6. The number of carbonyl (C=O) groups excluding carboxylic acids is 1. The lowest BCUT2D eigenvalue weighted by molar-refractivity contribution is -0.119. The maximum Gasteiger partial charge on any atom is 0.265 e. The van der Waals surface area contributed by atoms with Gasteiger partial charge in [-0.3, -0.25) is 9.79 Å². The Balaban J connectivity index is 1.84. The third-order valence-electron chi connectivity index (χ3n) is 3.94. The van der Waals surface area contributed by atoms with Crippen molar-refractivity contribution in [3.63, 3.8) is 0 Å². The molecular formula is C16H11FN2O. The minimum atomic E-state index is -0.918. The summed E-state index contributed by atoms with van der Waals surface area (Å²) in [5.74, 6) is -0.391. The van der Waals surface area contributed by atoms with Gasteiger partial charge in [0.05, 0.1) is 5.71 Å². The summed E-state index contributed by atoms with van der Waals surface area (Å²) >= 11 is 0. The zero-order valence-electron chi connectivity index (χ0n) is 10.8. The highest BCUT2D eigenvalue weighted by molar-refractivity contribution is 6.35. The Morgan fingerprint density at radius 3 is 2.75 bits per heavy atom. The fourth-order valence-corrected chi connectivity index (χ4v) is 2.93. The number of para-hydroxylation sites is 1. The predicted molar refractivity (Wildman–Crippen MR) is 74.5 cm³/mol. The number of hydrogen-bond donors (Lipinski definition) is 0. The van der Waals surface area contributed by atoms with Crippen LogP contribution in [0, 0.1) is 5.82 Å². The van der Waals surface area contributed by atoms with Crippen LogP contribution >= 0.6 is 0 Å². The summed E-state index contributed by atoms with van der Waals surface area (Å²) in [5, 5.41) is 0. The van der Waals surface area contributed by atoms with Gasteiger partial charge in [-0.25, -0.2) is 4.39 Å². The quantitative estimate of drug-likeness (QED) is 0.780. The van der Waals surface area contributed by atoms with Crippen LogP contribution in [0.3, 0.4) is 0 Å². The molecule has 1 spiro atoms. The second-order valence-corrected chi connectivity index (χ2v) is 5.06. The Labute approximate surface area is 115 Å². The molecule has 0 aromatic heterocycles. The third kappa shape index (κ3) is 1.23. The van der Waals surface area contributed by atoms with E-state index in [2.05, 4.69) is 4.99 Å². The SMILES string of the molecule is CN1C(=O)C2(N=C2c2cccc(F)c2)c2ccccc21. The van der Waals surface area contributed by atoms with Gasteiger partial charge in [0.2, 0.25) is 5.54 Å². The van der Waals surface area contributed by atoms with Crippen molar-refractivity contribution < 1.29 is 9.18 Å². The summed E-state index contributed by atoms with van der Waals surface area (Å²) in [7, 11) is 1.74. The van der Waals surface area contributed by atoms with E-state index < -0.39 is 5.54 Å². The molecule has 2 aromatic rings. The van der Waals surface area contributed by atoms with E-state index in [1.807, 2.05) is 24.3 Å². The van der Waals surface area contributed by atoms with Gasteiger partial charge in [-0.15, -0.1) is 0 Å². The molecule has 4 rings (SSSR count). The molecular weight excluding hydrogens is 255 g/mol. The van der Waals surface area contributed by atoms with Crippen molar-refractivity contribution in [1.82, 2.24) is 0 Å².